The molecule has 1 aliphatic heterocycles. The number of piperazine rings is 1. The van der Waals surface area contributed by atoms with E-state index in [4.69, 9.17) is 0 Å². The van der Waals surface area contributed by atoms with E-state index in [0.29, 0.717) is 38.2 Å². The molecular weight excluding hydrogens is 627 g/mol. The van der Waals surface area contributed by atoms with E-state index in [9.17, 15) is 31.1 Å². The van der Waals surface area contributed by atoms with Gasteiger partial charge >= 0.3 is 12.4 Å². The van der Waals surface area contributed by atoms with Crippen molar-refractivity contribution in [2.75, 3.05) is 26.2 Å². The number of nitrogens with zero attached hydrogens (tertiary/aromatic N) is 3. The van der Waals surface area contributed by atoms with Crippen LogP contribution in [0.5, 0.6) is 0 Å². The largest absolute Gasteiger partial charge is 0.416 e. The molecule has 3 aromatic carbocycles. The van der Waals surface area contributed by atoms with Gasteiger partial charge in [-0.2, -0.15) is 26.3 Å². The van der Waals surface area contributed by atoms with E-state index < -0.39 is 41.0 Å². The number of pyridine rings is 1. The van der Waals surface area contributed by atoms with E-state index >= 15 is 0 Å². The number of halogens is 8. The standard InChI is InChI=1S/C32H25F6N3O.2ClH/c33-31(34,35)27-17-26(18-28(19-27)32(36,37)38)30(42)41-14-13-40(12-4-6-22-5-3-11-39-20-22)21-29(41)16-23-9-10-24-7-1-2-8-25(24)15-23;;/h1-3,5,7-11,15,17-20,29H,12-14,16,21H2;2*1H/t29-;;/m1../s1. The zero-order chi connectivity index (χ0) is 29.9. The SMILES string of the molecule is Cl.Cl.O=C(c1cc(C(F)(F)F)cc(C(F)(F)F)c1)N1CCN(CC#Cc2cccnc2)C[C@H]1Cc1ccc2ccccc2c1. The fourth-order valence-corrected chi connectivity index (χ4v) is 5.08. The number of carbonyl (C=O) groups is 1. The fourth-order valence-electron chi connectivity index (χ4n) is 5.08. The van der Waals surface area contributed by atoms with Crippen LogP contribution >= 0.6 is 24.8 Å². The van der Waals surface area contributed by atoms with Gasteiger partial charge in [0, 0.05) is 49.2 Å². The normalized spacial score (nSPS) is 15.5. The van der Waals surface area contributed by atoms with Gasteiger partial charge in [-0.25, -0.2) is 0 Å². The van der Waals surface area contributed by atoms with Crippen molar-refractivity contribution in [3.05, 3.63) is 113 Å². The third kappa shape index (κ3) is 8.44. The lowest BCUT2D eigenvalue weighted by atomic mass is 9.97. The van der Waals surface area contributed by atoms with Gasteiger partial charge in [0.05, 0.1) is 17.7 Å². The number of hydrogen-bond donors (Lipinski definition) is 0. The molecule has 0 saturated carbocycles. The number of benzene rings is 3. The molecule has 2 heterocycles. The van der Waals surface area contributed by atoms with Crippen LogP contribution in [0.2, 0.25) is 0 Å². The lowest BCUT2D eigenvalue weighted by molar-refractivity contribution is -0.143. The first-order chi connectivity index (χ1) is 20.0. The maximum atomic E-state index is 13.6. The Kier molecular flexibility index (Phi) is 11.3. The van der Waals surface area contributed by atoms with Crippen molar-refractivity contribution < 1.29 is 31.1 Å². The number of rotatable bonds is 4. The van der Waals surface area contributed by atoms with Crippen molar-refractivity contribution in [2.45, 2.75) is 24.8 Å². The van der Waals surface area contributed by atoms with E-state index in [0.717, 1.165) is 21.9 Å². The van der Waals surface area contributed by atoms with Crippen molar-refractivity contribution in [3.8, 4) is 11.8 Å². The van der Waals surface area contributed by atoms with Gasteiger partial charge in [-0.15, -0.1) is 24.8 Å². The van der Waals surface area contributed by atoms with E-state index in [1.165, 1.54) is 4.90 Å². The van der Waals surface area contributed by atoms with E-state index in [-0.39, 0.29) is 37.4 Å². The minimum atomic E-state index is -5.05. The van der Waals surface area contributed by atoms with E-state index in [2.05, 4.69) is 16.8 Å². The van der Waals surface area contributed by atoms with Crippen LogP contribution in [-0.2, 0) is 18.8 Å². The fraction of sp³-hybridized carbons (Fsp3) is 0.250. The van der Waals surface area contributed by atoms with Gasteiger partial charge in [0.15, 0.2) is 0 Å². The summed E-state index contributed by atoms with van der Waals surface area (Å²) in [6, 6.07) is 17.7. The van der Waals surface area contributed by atoms with Crippen LogP contribution in [0.3, 0.4) is 0 Å². The van der Waals surface area contributed by atoms with Crippen molar-refractivity contribution in [1.29, 1.82) is 0 Å². The monoisotopic (exact) mass is 653 g/mol. The van der Waals surface area contributed by atoms with Crippen LogP contribution in [0.15, 0.2) is 85.2 Å². The number of alkyl halides is 6. The molecule has 1 aromatic heterocycles. The van der Waals surface area contributed by atoms with Crippen LogP contribution in [-0.4, -0.2) is 52.9 Å². The van der Waals surface area contributed by atoms with Crippen LogP contribution in [0.25, 0.3) is 10.8 Å². The van der Waals surface area contributed by atoms with Gasteiger partial charge in [0.2, 0.25) is 0 Å². The van der Waals surface area contributed by atoms with Crippen molar-refractivity contribution in [3.63, 3.8) is 0 Å². The number of amides is 1. The number of carbonyl (C=O) groups excluding carboxylic acids is 1. The molecule has 0 unspecified atom stereocenters. The second-order valence-electron chi connectivity index (χ2n) is 10.1. The second-order valence-corrected chi connectivity index (χ2v) is 10.1. The summed E-state index contributed by atoms with van der Waals surface area (Å²) in [7, 11) is 0. The van der Waals surface area contributed by atoms with Gasteiger partial charge in [-0.3, -0.25) is 14.7 Å². The summed E-state index contributed by atoms with van der Waals surface area (Å²) in [5.74, 6) is 5.24. The Balaban J connectivity index is 0.00000264. The molecule has 232 valence electrons. The van der Waals surface area contributed by atoms with Gasteiger partial charge in [0.25, 0.3) is 5.91 Å². The molecule has 44 heavy (non-hydrogen) atoms. The highest BCUT2D eigenvalue weighted by Crippen LogP contribution is 2.37. The third-order valence-electron chi connectivity index (χ3n) is 7.14. The highest BCUT2D eigenvalue weighted by atomic mass is 35.5. The van der Waals surface area contributed by atoms with Gasteiger partial charge in [-0.05, 0) is 53.1 Å². The van der Waals surface area contributed by atoms with Gasteiger partial charge in [-0.1, -0.05) is 54.3 Å². The van der Waals surface area contributed by atoms with Crippen LogP contribution in [0, 0.1) is 11.8 Å². The topological polar surface area (TPSA) is 36.4 Å². The minimum Gasteiger partial charge on any atom is -0.333 e. The third-order valence-corrected chi connectivity index (χ3v) is 7.14. The van der Waals surface area contributed by atoms with Gasteiger partial charge in [0.1, 0.15) is 0 Å². The highest BCUT2D eigenvalue weighted by Gasteiger charge is 2.39. The first kappa shape index (κ1) is 34.7. The molecule has 0 bridgehead atoms. The molecule has 1 fully saturated rings. The van der Waals surface area contributed by atoms with Crippen LogP contribution in [0.1, 0.15) is 32.6 Å². The zero-order valence-electron chi connectivity index (χ0n) is 23.0. The quantitative estimate of drug-likeness (QED) is 0.169. The van der Waals surface area contributed by atoms with Gasteiger partial charge < -0.3 is 4.90 Å². The summed E-state index contributed by atoms with van der Waals surface area (Å²) >= 11 is 0. The zero-order valence-corrected chi connectivity index (χ0v) is 24.7. The molecule has 0 spiro atoms. The van der Waals surface area contributed by atoms with E-state index in [1.54, 1.807) is 18.5 Å². The molecule has 4 nitrogen and oxygen atoms in total. The molecule has 1 saturated heterocycles. The molecule has 0 radical (unpaired) electrons. The maximum absolute atomic E-state index is 13.6. The first-order valence-corrected chi connectivity index (χ1v) is 13.2. The predicted octanol–water partition coefficient (Wildman–Crippen LogP) is 7.54. The minimum absolute atomic E-state index is 0. The Bertz CT molecular complexity index is 1620. The Morgan fingerprint density at radius 2 is 1.52 bits per heavy atom. The maximum Gasteiger partial charge on any atom is 0.416 e. The van der Waals surface area contributed by atoms with Crippen LogP contribution < -0.4 is 0 Å². The molecule has 1 atom stereocenters. The molecule has 0 N–H and O–H groups in total. The Labute approximate surface area is 262 Å². The summed E-state index contributed by atoms with van der Waals surface area (Å²) in [5.41, 5.74) is -2.05. The number of aromatic nitrogens is 1. The Hall–Kier alpha value is -3.78. The molecule has 0 aliphatic carbocycles. The summed E-state index contributed by atoms with van der Waals surface area (Å²) in [6.07, 6.45) is -6.47. The second kappa shape index (κ2) is 14.3. The Morgan fingerprint density at radius 1 is 0.841 bits per heavy atom. The summed E-state index contributed by atoms with van der Waals surface area (Å²) in [6.45, 7) is 1.17. The first-order valence-electron chi connectivity index (χ1n) is 13.2. The lowest BCUT2D eigenvalue weighted by Gasteiger charge is -2.41. The summed E-state index contributed by atoms with van der Waals surface area (Å²) < 4.78 is 81.1. The molecule has 4 aromatic rings. The van der Waals surface area contributed by atoms with Crippen molar-refractivity contribution in [1.82, 2.24) is 14.8 Å². The average molecular weight is 654 g/mol. The summed E-state index contributed by atoms with van der Waals surface area (Å²) in [5, 5.41) is 2.00. The smallest absolute Gasteiger partial charge is 0.333 e. The number of hydrogen-bond acceptors (Lipinski definition) is 3. The molecule has 12 heteroatoms. The molecular formula is C32H27Cl2F6N3O. The predicted molar refractivity (Wildman–Crippen MR) is 161 cm³/mol. The average Bonchev–Trinajstić information content (AvgIpc) is 2.96. The summed E-state index contributed by atoms with van der Waals surface area (Å²) in [4.78, 5) is 21.0. The van der Waals surface area contributed by atoms with Crippen molar-refractivity contribution >= 4 is 41.5 Å². The Morgan fingerprint density at radius 3 is 2.16 bits per heavy atom. The van der Waals surface area contributed by atoms with E-state index in [1.807, 2.05) is 53.4 Å². The molecule has 1 aliphatic rings. The highest BCUT2D eigenvalue weighted by molar-refractivity contribution is 5.95. The lowest BCUT2D eigenvalue weighted by Crippen LogP contribution is -2.56. The molecule has 5 rings (SSSR count). The van der Waals surface area contributed by atoms with Crippen LogP contribution in [0.4, 0.5) is 26.3 Å². The number of fused-ring (bicyclic) bond motifs is 1. The molecule has 1 amide bonds. The van der Waals surface area contributed by atoms with Crippen molar-refractivity contribution in [2.24, 2.45) is 0 Å².